The molecule has 0 bridgehead atoms. The molecule has 23 heavy (non-hydrogen) atoms. The van der Waals surface area contributed by atoms with Gasteiger partial charge >= 0.3 is 6.09 Å². The molecule has 5 nitrogen and oxygen atoms in total. The van der Waals surface area contributed by atoms with Crippen LogP contribution in [0.1, 0.15) is 26.3 Å². The first-order valence-corrected chi connectivity index (χ1v) is 7.28. The van der Waals surface area contributed by atoms with Crippen LogP contribution in [0.4, 0.5) is 9.18 Å². The van der Waals surface area contributed by atoms with Crippen LogP contribution in [0.25, 0.3) is 17.3 Å². The average Bonchev–Trinajstić information content (AvgIpc) is 2.90. The molecule has 0 aliphatic heterocycles. The lowest BCUT2D eigenvalue weighted by Crippen LogP contribution is -2.32. The molecule has 0 aliphatic carbocycles. The lowest BCUT2D eigenvalue weighted by atomic mass is 10.1. The Morgan fingerprint density at radius 2 is 2.22 bits per heavy atom. The number of H-pyrrole nitrogens is 1. The van der Waals surface area contributed by atoms with E-state index in [1.54, 1.807) is 51.3 Å². The van der Waals surface area contributed by atoms with Crippen LogP contribution in [0.3, 0.4) is 0 Å². The molecule has 2 rings (SSSR count). The van der Waals surface area contributed by atoms with Crippen molar-refractivity contribution in [2.45, 2.75) is 26.4 Å². The normalized spacial score (nSPS) is 11.7. The van der Waals surface area contributed by atoms with Crippen molar-refractivity contribution in [3.05, 3.63) is 47.9 Å². The molecule has 1 aromatic heterocycles. The average molecular weight is 317 g/mol. The van der Waals surface area contributed by atoms with Crippen LogP contribution < -0.4 is 5.32 Å². The Hall–Kier alpha value is -2.63. The van der Waals surface area contributed by atoms with Crippen LogP contribution >= 0.6 is 0 Å². The summed E-state index contributed by atoms with van der Waals surface area (Å²) in [4.78, 5) is 11.5. The van der Waals surface area contributed by atoms with Gasteiger partial charge in [0.1, 0.15) is 11.4 Å². The summed E-state index contributed by atoms with van der Waals surface area (Å²) in [6, 6.07) is 6.26. The maximum absolute atomic E-state index is 13.3. The summed E-state index contributed by atoms with van der Waals surface area (Å²) in [7, 11) is 0. The molecule has 0 radical (unpaired) electrons. The standard InChI is InChI=1S/C17H20FN3O2/c1-17(2,3)23-16(22)19-9-5-7-13-11-20-21-15(13)12-6-4-8-14(18)10-12/h4-8,10-11H,9H2,1-3H3,(H,19,22)(H,20,21). The molecule has 0 saturated heterocycles. The highest BCUT2D eigenvalue weighted by molar-refractivity contribution is 5.72. The van der Waals surface area contributed by atoms with Gasteiger partial charge in [-0.3, -0.25) is 5.10 Å². The fourth-order valence-corrected chi connectivity index (χ4v) is 1.94. The molecule has 1 amide bonds. The molecule has 122 valence electrons. The van der Waals surface area contributed by atoms with E-state index in [0.717, 1.165) is 11.3 Å². The van der Waals surface area contributed by atoms with E-state index in [0.29, 0.717) is 12.1 Å². The zero-order valence-electron chi connectivity index (χ0n) is 13.4. The number of carbonyl (C=O) groups excluding carboxylic acids is 1. The van der Waals surface area contributed by atoms with Gasteiger partial charge in [-0.15, -0.1) is 0 Å². The predicted octanol–water partition coefficient (Wildman–Crippen LogP) is 3.75. The minimum absolute atomic E-state index is 0.307. The van der Waals surface area contributed by atoms with E-state index in [1.807, 2.05) is 0 Å². The van der Waals surface area contributed by atoms with Gasteiger partial charge in [-0.25, -0.2) is 9.18 Å². The van der Waals surface area contributed by atoms with Gasteiger partial charge < -0.3 is 10.1 Å². The van der Waals surface area contributed by atoms with Crippen molar-refractivity contribution in [2.24, 2.45) is 0 Å². The molecule has 2 aromatic rings. The van der Waals surface area contributed by atoms with Gasteiger partial charge in [0.05, 0.1) is 11.9 Å². The molecule has 6 heteroatoms. The number of aromatic amines is 1. The van der Waals surface area contributed by atoms with Gasteiger partial charge in [0.15, 0.2) is 0 Å². The van der Waals surface area contributed by atoms with Gasteiger partial charge in [-0.2, -0.15) is 5.10 Å². The lowest BCUT2D eigenvalue weighted by molar-refractivity contribution is 0.0534. The molecule has 0 unspecified atom stereocenters. The van der Waals surface area contributed by atoms with Gasteiger partial charge in [0, 0.05) is 17.7 Å². The van der Waals surface area contributed by atoms with Gasteiger partial charge in [0.25, 0.3) is 0 Å². The highest BCUT2D eigenvalue weighted by atomic mass is 19.1. The molecule has 2 N–H and O–H groups in total. The molecule has 0 spiro atoms. The summed E-state index contributed by atoms with van der Waals surface area (Å²) >= 11 is 0. The minimum Gasteiger partial charge on any atom is -0.444 e. The molecular formula is C17H20FN3O2. The van der Waals surface area contributed by atoms with E-state index in [4.69, 9.17) is 4.74 Å². The number of aromatic nitrogens is 2. The number of amides is 1. The van der Waals surface area contributed by atoms with E-state index in [2.05, 4.69) is 15.5 Å². The number of benzene rings is 1. The molecular weight excluding hydrogens is 297 g/mol. The number of halogens is 1. The third kappa shape index (κ3) is 5.25. The summed E-state index contributed by atoms with van der Waals surface area (Å²) in [5.74, 6) is -0.307. The highest BCUT2D eigenvalue weighted by Crippen LogP contribution is 2.22. The molecule has 0 aliphatic rings. The third-order valence-electron chi connectivity index (χ3n) is 2.84. The van der Waals surface area contributed by atoms with Crippen LogP contribution in [0.15, 0.2) is 36.5 Å². The molecule has 0 fully saturated rings. The SMILES string of the molecule is CC(C)(C)OC(=O)NCC=Cc1cn[nH]c1-c1cccc(F)c1. The minimum atomic E-state index is -0.525. The quantitative estimate of drug-likeness (QED) is 0.902. The van der Waals surface area contributed by atoms with E-state index in [1.165, 1.54) is 12.1 Å². The van der Waals surface area contributed by atoms with E-state index < -0.39 is 11.7 Å². The summed E-state index contributed by atoms with van der Waals surface area (Å²) in [5.41, 5.74) is 1.71. The number of hydrogen-bond acceptors (Lipinski definition) is 3. The Balaban J connectivity index is 1.97. The van der Waals surface area contributed by atoms with Crippen molar-refractivity contribution < 1.29 is 13.9 Å². The van der Waals surface area contributed by atoms with Crippen molar-refractivity contribution in [3.8, 4) is 11.3 Å². The maximum atomic E-state index is 13.3. The fourth-order valence-electron chi connectivity index (χ4n) is 1.94. The Labute approximate surface area is 134 Å². The van der Waals surface area contributed by atoms with Crippen molar-refractivity contribution in [1.29, 1.82) is 0 Å². The summed E-state index contributed by atoms with van der Waals surface area (Å²) < 4.78 is 18.4. The van der Waals surface area contributed by atoms with Gasteiger partial charge in [-0.05, 0) is 32.9 Å². The Kier molecular flexibility index (Phi) is 5.16. The summed E-state index contributed by atoms with van der Waals surface area (Å²) in [6.07, 6.45) is 4.75. The smallest absolute Gasteiger partial charge is 0.407 e. The van der Waals surface area contributed by atoms with Gasteiger partial charge in [0.2, 0.25) is 0 Å². The predicted molar refractivity (Wildman–Crippen MR) is 87.3 cm³/mol. The van der Waals surface area contributed by atoms with E-state index in [9.17, 15) is 9.18 Å². The van der Waals surface area contributed by atoms with E-state index in [-0.39, 0.29) is 5.82 Å². The van der Waals surface area contributed by atoms with Crippen LogP contribution in [-0.4, -0.2) is 28.4 Å². The monoisotopic (exact) mass is 317 g/mol. The zero-order chi connectivity index (χ0) is 16.9. The second kappa shape index (κ2) is 7.09. The van der Waals surface area contributed by atoms with Gasteiger partial charge in [-0.1, -0.05) is 24.3 Å². The van der Waals surface area contributed by atoms with E-state index >= 15 is 0 Å². The number of alkyl carbamates (subject to hydrolysis) is 1. The van der Waals surface area contributed by atoms with Crippen molar-refractivity contribution in [3.63, 3.8) is 0 Å². The van der Waals surface area contributed by atoms with Crippen LogP contribution in [0.2, 0.25) is 0 Å². The Morgan fingerprint density at radius 1 is 1.43 bits per heavy atom. The first-order valence-electron chi connectivity index (χ1n) is 7.28. The molecule has 0 saturated carbocycles. The van der Waals surface area contributed by atoms with Crippen LogP contribution in [0.5, 0.6) is 0 Å². The third-order valence-corrected chi connectivity index (χ3v) is 2.84. The van der Waals surface area contributed by atoms with Crippen molar-refractivity contribution in [1.82, 2.24) is 15.5 Å². The number of carbonyl (C=O) groups is 1. The first kappa shape index (κ1) is 16.7. The highest BCUT2D eigenvalue weighted by Gasteiger charge is 2.15. The molecule has 1 aromatic carbocycles. The number of rotatable bonds is 4. The van der Waals surface area contributed by atoms with Crippen molar-refractivity contribution in [2.75, 3.05) is 6.54 Å². The fraction of sp³-hybridized carbons (Fsp3) is 0.294. The maximum Gasteiger partial charge on any atom is 0.407 e. The number of hydrogen-bond donors (Lipinski definition) is 2. The summed E-state index contributed by atoms with van der Waals surface area (Å²) in [5, 5.41) is 9.46. The molecule has 0 atom stereocenters. The Bertz CT molecular complexity index is 702. The first-order chi connectivity index (χ1) is 10.8. The Morgan fingerprint density at radius 3 is 2.91 bits per heavy atom. The van der Waals surface area contributed by atoms with Crippen LogP contribution in [-0.2, 0) is 4.74 Å². The summed E-state index contributed by atoms with van der Waals surface area (Å²) in [6.45, 7) is 5.74. The largest absolute Gasteiger partial charge is 0.444 e. The number of nitrogens with zero attached hydrogens (tertiary/aromatic N) is 1. The van der Waals surface area contributed by atoms with Crippen LogP contribution in [0, 0.1) is 5.82 Å². The lowest BCUT2D eigenvalue weighted by Gasteiger charge is -2.19. The second-order valence-electron chi connectivity index (χ2n) is 6.00. The number of ether oxygens (including phenoxy) is 1. The topological polar surface area (TPSA) is 67.0 Å². The second-order valence-corrected chi connectivity index (χ2v) is 6.00. The number of nitrogens with one attached hydrogen (secondary N) is 2. The zero-order valence-corrected chi connectivity index (χ0v) is 13.4. The van der Waals surface area contributed by atoms with Crippen molar-refractivity contribution >= 4 is 12.2 Å². The molecule has 1 heterocycles.